The first kappa shape index (κ1) is 11.9. The maximum atomic E-state index is 12.6. The van der Waals surface area contributed by atoms with Crippen molar-refractivity contribution in [2.45, 2.75) is 32.0 Å². The van der Waals surface area contributed by atoms with E-state index in [1.165, 1.54) is 0 Å². The summed E-state index contributed by atoms with van der Waals surface area (Å²) in [5.41, 5.74) is -1.54. The molecule has 0 atom stereocenters. The molecule has 2 rings (SSSR count). The predicted octanol–water partition coefficient (Wildman–Crippen LogP) is 2.40. The van der Waals surface area contributed by atoms with Crippen molar-refractivity contribution < 1.29 is 23.1 Å². The number of aromatic carboxylic acids is 1. The lowest BCUT2D eigenvalue weighted by molar-refractivity contribution is -0.144. The number of aromatic nitrogens is 2. The summed E-state index contributed by atoms with van der Waals surface area (Å²) in [7, 11) is 0. The summed E-state index contributed by atoms with van der Waals surface area (Å²) >= 11 is 0. The van der Waals surface area contributed by atoms with Crippen LogP contribution in [-0.2, 0) is 12.7 Å². The second-order valence-corrected chi connectivity index (χ2v) is 4.20. The number of carboxylic acid groups (broad SMARTS) is 1. The number of rotatable bonds is 3. The van der Waals surface area contributed by atoms with Crippen molar-refractivity contribution in [1.82, 2.24) is 9.78 Å². The molecule has 1 aromatic rings. The Labute approximate surface area is 95.0 Å². The van der Waals surface area contributed by atoms with E-state index < -0.39 is 23.5 Å². The Bertz CT molecular complexity index is 435. The van der Waals surface area contributed by atoms with Crippen LogP contribution in [0.3, 0.4) is 0 Å². The van der Waals surface area contributed by atoms with Crippen LogP contribution >= 0.6 is 0 Å². The highest BCUT2D eigenvalue weighted by atomic mass is 19.4. The molecule has 94 valence electrons. The van der Waals surface area contributed by atoms with E-state index in [9.17, 15) is 18.0 Å². The fourth-order valence-electron chi connectivity index (χ4n) is 1.81. The lowest BCUT2D eigenvalue weighted by Crippen LogP contribution is -2.23. The van der Waals surface area contributed by atoms with Gasteiger partial charge in [0, 0.05) is 12.6 Å². The Balaban J connectivity index is 2.29. The maximum absolute atomic E-state index is 12.6. The standard InChI is InChI=1S/C10H11F3N2O2/c11-10(12,13)8-4-7(9(16)17)14-15(8)5-6-2-1-3-6/h4,6H,1-3,5H2,(H,16,17). The molecule has 0 aliphatic heterocycles. The second kappa shape index (κ2) is 4.05. The number of carboxylic acids is 1. The van der Waals surface area contributed by atoms with Crippen LogP contribution in [0.5, 0.6) is 0 Å². The van der Waals surface area contributed by atoms with Crippen LogP contribution in [0.4, 0.5) is 13.2 Å². The molecule has 17 heavy (non-hydrogen) atoms. The molecule has 0 bridgehead atoms. The molecule has 0 spiro atoms. The maximum Gasteiger partial charge on any atom is 0.433 e. The quantitative estimate of drug-likeness (QED) is 0.893. The van der Waals surface area contributed by atoms with Gasteiger partial charge in [-0.1, -0.05) is 6.42 Å². The van der Waals surface area contributed by atoms with E-state index in [2.05, 4.69) is 5.10 Å². The van der Waals surface area contributed by atoms with Gasteiger partial charge in [0.05, 0.1) is 0 Å². The summed E-state index contributed by atoms with van der Waals surface area (Å²) in [6, 6.07) is 0.584. The molecule has 4 nitrogen and oxygen atoms in total. The third-order valence-electron chi connectivity index (χ3n) is 2.95. The smallest absolute Gasteiger partial charge is 0.433 e. The first-order valence-corrected chi connectivity index (χ1v) is 5.26. The highest BCUT2D eigenvalue weighted by molar-refractivity contribution is 5.85. The number of halogens is 3. The van der Waals surface area contributed by atoms with E-state index in [0.717, 1.165) is 23.9 Å². The Morgan fingerprint density at radius 2 is 2.18 bits per heavy atom. The predicted molar refractivity (Wildman–Crippen MR) is 51.5 cm³/mol. The van der Waals surface area contributed by atoms with Crippen molar-refractivity contribution >= 4 is 5.97 Å². The number of hydrogen-bond donors (Lipinski definition) is 1. The largest absolute Gasteiger partial charge is 0.476 e. The van der Waals surface area contributed by atoms with Gasteiger partial charge in [-0.15, -0.1) is 0 Å². The van der Waals surface area contributed by atoms with Gasteiger partial charge in [0.25, 0.3) is 0 Å². The minimum Gasteiger partial charge on any atom is -0.476 e. The Morgan fingerprint density at radius 3 is 2.59 bits per heavy atom. The Morgan fingerprint density at radius 1 is 1.53 bits per heavy atom. The molecule has 1 saturated carbocycles. The van der Waals surface area contributed by atoms with Crippen molar-refractivity contribution in [3.8, 4) is 0 Å². The molecular formula is C10H11F3N2O2. The molecule has 0 aromatic carbocycles. The lowest BCUT2D eigenvalue weighted by atomic mass is 9.85. The molecule has 7 heteroatoms. The normalized spacial score (nSPS) is 16.9. The summed E-state index contributed by atoms with van der Waals surface area (Å²) in [5, 5.41) is 12.1. The molecule has 0 amide bonds. The molecule has 0 saturated heterocycles. The van der Waals surface area contributed by atoms with Gasteiger partial charge in [0.2, 0.25) is 0 Å². The third kappa shape index (κ3) is 2.42. The minimum atomic E-state index is -4.57. The number of hydrogen-bond acceptors (Lipinski definition) is 2. The topological polar surface area (TPSA) is 55.1 Å². The average molecular weight is 248 g/mol. The highest BCUT2D eigenvalue weighted by Gasteiger charge is 2.37. The second-order valence-electron chi connectivity index (χ2n) is 4.20. The minimum absolute atomic E-state index is 0.141. The van der Waals surface area contributed by atoms with Crippen molar-refractivity contribution in [1.29, 1.82) is 0 Å². The molecule has 1 aromatic heterocycles. The van der Waals surface area contributed by atoms with Crippen LogP contribution in [0.25, 0.3) is 0 Å². The molecule has 0 unspecified atom stereocenters. The van der Waals surface area contributed by atoms with Crippen molar-refractivity contribution in [3.05, 3.63) is 17.5 Å². The third-order valence-corrected chi connectivity index (χ3v) is 2.95. The first-order valence-electron chi connectivity index (χ1n) is 5.26. The van der Waals surface area contributed by atoms with Crippen LogP contribution in [0.1, 0.15) is 35.4 Å². The van der Waals surface area contributed by atoms with E-state index >= 15 is 0 Å². The van der Waals surface area contributed by atoms with Gasteiger partial charge in [0.1, 0.15) is 5.69 Å². The van der Waals surface area contributed by atoms with Gasteiger partial charge in [-0.2, -0.15) is 18.3 Å². The first-order chi connectivity index (χ1) is 7.88. The molecule has 1 aliphatic rings. The number of carbonyl (C=O) groups is 1. The Kier molecular flexibility index (Phi) is 2.84. The molecule has 1 fully saturated rings. The summed E-state index contributed by atoms with van der Waals surface area (Å²) in [6.07, 6.45) is -1.80. The van der Waals surface area contributed by atoms with Crippen LogP contribution in [0, 0.1) is 5.92 Å². The summed E-state index contributed by atoms with van der Waals surface area (Å²) in [5.74, 6) is -1.26. The van der Waals surface area contributed by atoms with Gasteiger partial charge in [-0.05, 0) is 18.8 Å². The molecule has 1 aliphatic carbocycles. The van der Waals surface area contributed by atoms with Gasteiger partial charge in [-0.3, -0.25) is 4.68 Å². The summed E-state index contributed by atoms with van der Waals surface area (Å²) in [4.78, 5) is 10.6. The van der Waals surface area contributed by atoms with Crippen molar-refractivity contribution in [2.24, 2.45) is 5.92 Å². The van der Waals surface area contributed by atoms with Gasteiger partial charge in [-0.25, -0.2) is 4.79 Å². The van der Waals surface area contributed by atoms with Crippen LogP contribution in [-0.4, -0.2) is 20.9 Å². The van der Waals surface area contributed by atoms with E-state index in [1.54, 1.807) is 0 Å². The zero-order chi connectivity index (χ0) is 12.6. The van der Waals surface area contributed by atoms with E-state index in [-0.39, 0.29) is 12.5 Å². The lowest BCUT2D eigenvalue weighted by Gasteiger charge is -2.26. The number of nitrogens with zero attached hydrogens (tertiary/aromatic N) is 2. The van der Waals surface area contributed by atoms with Crippen molar-refractivity contribution in [2.75, 3.05) is 0 Å². The molecule has 1 heterocycles. The van der Waals surface area contributed by atoms with E-state index in [1.807, 2.05) is 0 Å². The molecular weight excluding hydrogens is 237 g/mol. The zero-order valence-electron chi connectivity index (χ0n) is 8.87. The summed E-state index contributed by atoms with van der Waals surface area (Å²) in [6.45, 7) is 0.141. The van der Waals surface area contributed by atoms with Crippen LogP contribution in [0.15, 0.2) is 6.07 Å². The Hall–Kier alpha value is -1.53. The molecule has 1 N–H and O–H groups in total. The summed E-state index contributed by atoms with van der Waals surface area (Å²) < 4.78 is 38.7. The fourth-order valence-corrected chi connectivity index (χ4v) is 1.81. The SMILES string of the molecule is O=C(O)c1cc(C(F)(F)F)n(CC2CCC2)n1. The highest BCUT2D eigenvalue weighted by Crippen LogP contribution is 2.33. The van der Waals surface area contributed by atoms with E-state index in [4.69, 9.17) is 5.11 Å². The van der Waals surface area contributed by atoms with E-state index in [0.29, 0.717) is 6.07 Å². The zero-order valence-corrected chi connectivity index (χ0v) is 8.87. The monoisotopic (exact) mass is 248 g/mol. The van der Waals surface area contributed by atoms with Gasteiger partial charge < -0.3 is 5.11 Å². The van der Waals surface area contributed by atoms with Crippen LogP contribution < -0.4 is 0 Å². The van der Waals surface area contributed by atoms with Gasteiger partial charge >= 0.3 is 12.1 Å². The fraction of sp³-hybridized carbons (Fsp3) is 0.600. The average Bonchev–Trinajstić information content (AvgIpc) is 2.54. The van der Waals surface area contributed by atoms with Crippen molar-refractivity contribution in [3.63, 3.8) is 0 Å². The van der Waals surface area contributed by atoms with Crippen LogP contribution in [0.2, 0.25) is 0 Å². The van der Waals surface area contributed by atoms with Gasteiger partial charge in [0.15, 0.2) is 5.69 Å². The molecule has 0 radical (unpaired) electrons. The number of alkyl halides is 3.